The molecule has 0 aromatic carbocycles. The maximum absolute atomic E-state index is 5.11. The van der Waals surface area contributed by atoms with Gasteiger partial charge < -0.3 is 24.8 Å². The fourth-order valence-corrected chi connectivity index (χ4v) is 2.91. The van der Waals surface area contributed by atoms with E-state index in [1.165, 1.54) is 0 Å². The number of rotatable bonds is 2. The Hall–Kier alpha value is 0.890. The molecule has 0 aliphatic heterocycles. The Kier molecular flexibility index (Phi) is 10.8. The maximum atomic E-state index is 5.11. The average molecular weight is 346 g/mol. The average Bonchev–Trinajstić information content (AvgIpc) is 2.19. The molecular weight excluding hydrogens is 337 g/mol. The van der Waals surface area contributed by atoms with Crippen molar-refractivity contribution in [3.05, 3.63) is 21.6 Å². The molecule has 0 saturated heterocycles. The van der Waals surface area contributed by atoms with Crippen molar-refractivity contribution in [1.29, 1.82) is 0 Å². The zero-order chi connectivity index (χ0) is 5.82. The Bertz CT molecular complexity index is 134. The first-order valence-electron chi connectivity index (χ1n) is 2.58. The number of hydrogen-bond donors (Lipinski definition) is 0. The molecule has 0 radical (unpaired) electrons. The number of hydrogen-bond acceptors (Lipinski definition) is 1. The van der Waals surface area contributed by atoms with Crippen LogP contribution in [-0.2, 0) is 26.2 Å². The summed E-state index contributed by atoms with van der Waals surface area (Å²) >= 11 is -0.738. The zero-order valence-corrected chi connectivity index (χ0v) is 10.7. The summed E-state index contributed by atoms with van der Waals surface area (Å²) in [6.07, 6.45) is 7.65. The molecule has 0 heterocycles. The standard InChI is InChI=1S/C5H5.CH3O.2ClH.Hf/c1-2-4-5-3-1;1-2;;;/h1-3H,4H2;1H3;2*1H;/q;-1;;;+3/p-2. The second-order valence-corrected chi connectivity index (χ2v) is 6.14. The summed E-state index contributed by atoms with van der Waals surface area (Å²) in [7, 11) is 1.81. The minimum atomic E-state index is -0.738. The molecule has 0 N–H and O–H groups in total. The molecule has 1 rings (SSSR count). The van der Waals surface area contributed by atoms with Crippen LogP contribution >= 0.6 is 0 Å². The van der Waals surface area contributed by atoms with E-state index in [0.717, 1.165) is 6.42 Å². The number of halogens is 2. The van der Waals surface area contributed by atoms with Crippen molar-refractivity contribution in [2.45, 2.75) is 6.42 Å². The largest absolute Gasteiger partial charge is 1.00 e. The Balaban J connectivity index is 0. The van der Waals surface area contributed by atoms with Crippen LogP contribution in [0.15, 0.2) is 21.6 Å². The fraction of sp³-hybridized carbons (Fsp3) is 0.333. The van der Waals surface area contributed by atoms with E-state index in [2.05, 4.69) is 18.2 Å². The molecule has 56 valence electrons. The van der Waals surface area contributed by atoms with E-state index in [4.69, 9.17) is 2.85 Å². The molecular formula is C6H8Cl2HfO. The Labute approximate surface area is 85.7 Å². The van der Waals surface area contributed by atoms with Gasteiger partial charge in [-0.05, 0) is 0 Å². The van der Waals surface area contributed by atoms with Gasteiger partial charge in [0.05, 0.1) is 0 Å². The first kappa shape index (κ1) is 13.5. The van der Waals surface area contributed by atoms with Crippen molar-refractivity contribution >= 4 is 0 Å². The maximum Gasteiger partial charge on any atom is -1.00 e. The Morgan fingerprint density at radius 2 is 2.20 bits per heavy atom. The van der Waals surface area contributed by atoms with Crippen LogP contribution in [0, 0.1) is 0 Å². The van der Waals surface area contributed by atoms with Crippen molar-refractivity contribution in [3.8, 4) is 0 Å². The minimum absolute atomic E-state index is 0. The molecule has 0 unspecified atom stereocenters. The van der Waals surface area contributed by atoms with Gasteiger partial charge in [-0.15, -0.1) is 0 Å². The van der Waals surface area contributed by atoms with Gasteiger partial charge in [-0.3, -0.25) is 0 Å². The van der Waals surface area contributed by atoms with Crippen molar-refractivity contribution in [1.82, 2.24) is 0 Å². The van der Waals surface area contributed by atoms with Crippen molar-refractivity contribution < 1.29 is 51.0 Å². The Morgan fingerprint density at radius 1 is 1.50 bits per heavy atom. The fourth-order valence-electron chi connectivity index (χ4n) is 0.654. The summed E-state index contributed by atoms with van der Waals surface area (Å²) in [4.78, 5) is 0. The van der Waals surface area contributed by atoms with E-state index in [0.29, 0.717) is 0 Å². The minimum Gasteiger partial charge on any atom is -1.00 e. The molecule has 10 heavy (non-hydrogen) atoms. The third-order valence-corrected chi connectivity index (χ3v) is 4.01. The molecule has 1 aliphatic rings. The van der Waals surface area contributed by atoms with Crippen molar-refractivity contribution in [3.63, 3.8) is 0 Å². The molecule has 0 aromatic heterocycles. The molecule has 0 saturated carbocycles. The van der Waals surface area contributed by atoms with Crippen molar-refractivity contribution in [2.75, 3.05) is 7.11 Å². The van der Waals surface area contributed by atoms with Crippen LogP contribution in [0.5, 0.6) is 0 Å². The summed E-state index contributed by atoms with van der Waals surface area (Å²) in [5.41, 5.74) is 0. The molecule has 4 heteroatoms. The first-order chi connectivity index (χ1) is 3.93. The third-order valence-electron chi connectivity index (χ3n) is 1.00. The SMILES string of the molecule is C[O][Hf+2][C]1=CC=CC1.[Cl-].[Cl-]. The predicted octanol–water partition coefficient (Wildman–Crippen LogP) is -4.52. The molecule has 0 bridgehead atoms. The van der Waals surface area contributed by atoms with Gasteiger partial charge in [0.15, 0.2) is 0 Å². The summed E-state index contributed by atoms with van der Waals surface area (Å²) < 4.78 is 6.67. The van der Waals surface area contributed by atoms with Gasteiger partial charge in [-0.1, -0.05) is 0 Å². The van der Waals surface area contributed by atoms with Crippen LogP contribution in [0.3, 0.4) is 0 Å². The molecule has 0 atom stereocenters. The summed E-state index contributed by atoms with van der Waals surface area (Å²) in [6, 6.07) is 0. The number of allylic oxidation sites excluding steroid dienone is 4. The molecule has 0 amide bonds. The van der Waals surface area contributed by atoms with E-state index < -0.39 is 23.3 Å². The van der Waals surface area contributed by atoms with Gasteiger partial charge in [0.1, 0.15) is 0 Å². The van der Waals surface area contributed by atoms with E-state index in [9.17, 15) is 0 Å². The van der Waals surface area contributed by atoms with E-state index in [1.807, 2.05) is 7.11 Å². The normalized spacial score (nSPS) is 12.7. The van der Waals surface area contributed by atoms with E-state index >= 15 is 0 Å². The molecule has 1 nitrogen and oxygen atoms in total. The topological polar surface area (TPSA) is 9.23 Å². The van der Waals surface area contributed by atoms with Gasteiger partial charge in [-0.2, -0.15) is 0 Å². The van der Waals surface area contributed by atoms with Crippen LogP contribution in [0.25, 0.3) is 0 Å². The molecule has 0 spiro atoms. The smallest absolute Gasteiger partial charge is 1.00 e. The van der Waals surface area contributed by atoms with Crippen LogP contribution in [0.2, 0.25) is 0 Å². The quantitative estimate of drug-likeness (QED) is 0.459. The second-order valence-electron chi connectivity index (χ2n) is 1.63. The summed E-state index contributed by atoms with van der Waals surface area (Å²) in [5.74, 6) is 0. The van der Waals surface area contributed by atoms with Crippen LogP contribution in [-0.4, -0.2) is 7.11 Å². The second kappa shape index (κ2) is 7.99. The Morgan fingerprint density at radius 3 is 2.60 bits per heavy atom. The first-order valence-corrected chi connectivity index (χ1v) is 5.84. The van der Waals surface area contributed by atoms with Crippen LogP contribution in [0.4, 0.5) is 0 Å². The van der Waals surface area contributed by atoms with Crippen molar-refractivity contribution in [2.24, 2.45) is 0 Å². The monoisotopic (exact) mass is 346 g/mol. The summed E-state index contributed by atoms with van der Waals surface area (Å²) in [5, 5.41) is 0. The predicted molar refractivity (Wildman–Crippen MR) is 28.8 cm³/mol. The van der Waals surface area contributed by atoms with Gasteiger partial charge in [0.2, 0.25) is 0 Å². The van der Waals surface area contributed by atoms with Gasteiger partial charge >= 0.3 is 61.3 Å². The van der Waals surface area contributed by atoms with Crippen LogP contribution < -0.4 is 24.8 Å². The van der Waals surface area contributed by atoms with E-state index in [-0.39, 0.29) is 24.8 Å². The van der Waals surface area contributed by atoms with Crippen LogP contribution in [0.1, 0.15) is 6.42 Å². The molecule has 0 fully saturated rings. The summed E-state index contributed by atoms with van der Waals surface area (Å²) in [6.45, 7) is 0. The molecule has 1 aliphatic carbocycles. The van der Waals surface area contributed by atoms with E-state index in [1.54, 1.807) is 3.33 Å². The van der Waals surface area contributed by atoms with Gasteiger partial charge in [-0.25, -0.2) is 0 Å². The third kappa shape index (κ3) is 4.67. The van der Waals surface area contributed by atoms with Gasteiger partial charge in [0, 0.05) is 0 Å². The zero-order valence-electron chi connectivity index (χ0n) is 5.60. The molecule has 0 aromatic rings. The van der Waals surface area contributed by atoms with Gasteiger partial charge in [0.25, 0.3) is 0 Å².